The van der Waals surface area contributed by atoms with Gasteiger partial charge in [-0.2, -0.15) is 18.3 Å². The van der Waals surface area contributed by atoms with E-state index < -0.39 is 23.3 Å². The van der Waals surface area contributed by atoms with Crippen LogP contribution in [0.1, 0.15) is 51.2 Å². The van der Waals surface area contributed by atoms with Gasteiger partial charge in [0.15, 0.2) is 11.9 Å². The molecule has 0 saturated carbocycles. The minimum absolute atomic E-state index is 0.0406. The van der Waals surface area contributed by atoms with Crippen molar-refractivity contribution in [3.8, 4) is 0 Å². The van der Waals surface area contributed by atoms with Gasteiger partial charge in [-0.1, -0.05) is 39.0 Å². The Bertz CT molecular complexity index is 993. The number of azo groups is 1. The second-order valence-corrected chi connectivity index (χ2v) is 9.35. The van der Waals surface area contributed by atoms with Crippen LogP contribution < -0.4 is 5.32 Å². The lowest BCUT2D eigenvalue weighted by molar-refractivity contribution is -0.137. The molecule has 0 radical (unpaired) electrons. The monoisotopic (exact) mass is 467 g/mol. The molecule has 0 spiro atoms. The van der Waals surface area contributed by atoms with Gasteiger partial charge < -0.3 is 5.32 Å². The lowest BCUT2D eigenvalue weighted by atomic mass is 9.58. The predicted octanol–water partition coefficient (Wildman–Crippen LogP) is 6.00. The van der Waals surface area contributed by atoms with Crippen molar-refractivity contribution < 1.29 is 18.0 Å². The molecule has 1 aromatic carbocycles. The standard InChI is InChI=1S/C21H21BrF3N3O/c1-4-20(11-6-5-7-12(8-11)21(23,24)25)15-13(9-19(2,3)10-14(15)29)26-18-16(20)17(22)27-28-18/h5-8,18,26H,4,9-10H2,1-3H3/t18?,20-/m0/s1. The number of ketones is 1. The SMILES string of the molecule is CC[C@]1(c2cccc(C(F)(F)F)c2)C2=C(CC(C)(C)CC2=O)NC2N=NC(Br)=C21. The van der Waals surface area contributed by atoms with Crippen LogP contribution in [-0.4, -0.2) is 11.9 Å². The summed E-state index contributed by atoms with van der Waals surface area (Å²) in [7, 11) is 0. The number of alkyl halides is 3. The van der Waals surface area contributed by atoms with Gasteiger partial charge in [-0.3, -0.25) is 4.79 Å². The number of rotatable bonds is 2. The van der Waals surface area contributed by atoms with E-state index in [-0.39, 0.29) is 11.2 Å². The number of Topliss-reactive ketones (excluding diaryl/α,β-unsaturated/α-hetero) is 1. The van der Waals surface area contributed by atoms with E-state index in [2.05, 4.69) is 31.5 Å². The van der Waals surface area contributed by atoms with Crippen molar-refractivity contribution in [1.82, 2.24) is 5.32 Å². The highest BCUT2D eigenvalue weighted by molar-refractivity contribution is 9.11. The third kappa shape index (κ3) is 3.07. The van der Waals surface area contributed by atoms with Gasteiger partial charge in [0.2, 0.25) is 0 Å². The maximum absolute atomic E-state index is 13.5. The number of allylic oxidation sites excluding steroid dienone is 2. The van der Waals surface area contributed by atoms with Gasteiger partial charge in [0.25, 0.3) is 0 Å². The molecule has 2 aliphatic heterocycles. The molecule has 29 heavy (non-hydrogen) atoms. The normalized spacial score (nSPS) is 28.4. The Morgan fingerprint density at radius 1 is 1.28 bits per heavy atom. The number of hydrogen-bond donors (Lipinski definition) is 1. The minimum atomic E-state index is -4.47. The quantitative estimate of drug-likeness (QED) is 0.542. The summed E-state index contributed by atoms with van der Waals surface area (Å²) >= 11 is 3.43. The van der Waals surface area contributed by atoms with E-state index in [0.29, 0.717) is 40.6 Å². The second-order valence-electron chi connectivity index (χ2n) is 8.60. The van der Waals surface area contributed by atoms with Crippen molar-refractivity contribution in [2.75, 3.05) is 0 Å². The summed E-state index contributed by atoms with van der Waals surface area (Å²) in [6.07, 6.45) is -3.57. The number of nitrogens with one attached hydrogen (secondary N) is 1. The molecule has 0 aromatic heterocycles. The van der Waals surface area contributed by atoms with Gasteiger partial charge >= 0.3 is 6.18 Å². The molecule has 2 heterocycles. The fraction of sp³-hybridized carbons (Fsp3) is 0.476. The molecule has 0 fully saturated rings. The second kappa shape index (κ2) is 6.52. The number of halogens is 4. The van der Waals surface area contributed by atoms with Gasteiger partial charge in [0, 0.05) is 23.3 Å². The Kier molecular flexibility index (Phi) is 4.57. The lowest BCUT2D eigenvalue weighted by Gasteiger charge is -2.48. The van der Waals surface area contributed by atoms with E-state index in [9.17, 15) is 18.0 Å². The molecule has 1 aliphatic carbocycles. The maximum atomic E-state index is 13.5. The van der Waals surface area contributed by atoms with Crippen LogP contribution in [0.2, 0.25) is 0 Å². The zero-order valence-corrected chi connectivity index (χ0v) is 17.9. The first kappa shape index (κ1) is 20.3. The minimum Gasteiger partial charge on any atom is -0.362 e. The van der Waals surface area contributed by atoms with Crippen LogP contribution in [0.25, 0.3) is 0 Å². The van der Waals surface area contributed by atoms with Crippen molar-refractivity contribution in [3.05, 3.63) is 56.8 Å². The Labute approximate surface area is 175 Å². The van der Waals surface area contributed by atoms with Crippen LogP contribution in [0.3, 0.4) is 0 Å². The smallest absolute Gasteiger partial charge is 0.362 e. The average molecular weight is 468 g/mol. The van der Waals surface area contributed by atoms with Crippen LogP contribution in [0.4, 0.5) is 13.2 Å². The van der Waals surface area contributed by atoms with Crippen molar-refractivity contribution in [3.63, 3.8) is 0 Å². The summed E-state index contributed by atoms with van der Waals surface area (Å²) in [5.74, 6) is -0.0406. The number of hydrogen-bond acceptors (Lipinski definition) is 4. The molecular formula is C21H21BrF3N3O. The van der Waals surface area contributed by atoms with E-state index in [1.54, 1.807) is 6.07 Å². The molecule has 8 heteroatoms. The number of carbonyl (C=O) groups is 1. The molecule has 3 aliphatic rings. The van der Waals surface area contributed by atoms with E-state index >= 15 is 0 Å². The fourth-order valence-corrected chi connectivity index (χ4v) is 5.56. The molecule has 1 unspecified atom stereocenters. The zero-order valence-electron chi connectivity index (χ0n) is 16.3. The van der Waals surface area contributed by atoms with Gasteiger partial charge in [0.1, 0.15) is 4.61 Å². The largest absolute Gasteiger partial charge is 0.416 e. The van der Waals surface area contributed by atoms with Crippen molar-refractivity contribution in [1.29, 1.82) is 0 Å². The lowest BCUT2D eigenvalue weighted by Crippen LogP contribution is -2.51. The van der Waals surface area contributed by atoms with E-state index in [1.807, 2.05) is 20.8 Å². The Morgan fingerprint density at radius 2 is 2.00 bits per heavy atom. The molecule has 1 aromatic rings. The first-order valence-electron chi connectivity index (χ1n) is 9.52. The molecule has 1 N–H and O–H groups in total. The molecule has 154 valence electrons. The summed E-state index contributed by atoms with van der Waals surface area (Å²) in [4.78, 5) is 13.3. The Morgan fingerprint density at radius 3 is 2.66 bits per heavy atom. The number of benzene rings is 1. The van der Waals surface area contributed by atoms with Gasteiger partial charge in [0.05, 0.1) is 11.0 Å². The Balaban J connectivity index is 2.03. The van der Waals surface area contributed by atoms with Crippen molar-refractivity contribution in [2.45, 2.75) is 57.8 Å². The van der Waals surface area contributed by atoms with Crippen LogP contribution in [0, 0.1) is 5.41 Å². The molecule has 0 amide bonds. The zero-order chi connectivity index (χ0) is 21.2. The van der Waals surface area contributed by atoms with Crippen LogP contribution in [-0.2, 0) is 16.4 Å². The Hall–Kier alpha value is -1.96. The van der Waals surface area contributed by atoms with Gasteiger partial charge in [-0.15, -0.1) is 5.11 Å². The molecule has 0 bridgehead atoms. The van der Waals surface area contributed by atoms with E-state index in [1.165, 1.54) is 6.07 Å². The third-order valence-electron chi connectivity index (χ3n) is 6.04. The summed E-state index contributed by atoms with van der Waals surface area (Å²) < 4.78 is 40.9. The van der Waals surface area contributed by atoms with Crippen LogP contribution in [0.5, 0.6) is 0 Å². The first-order valence-corrected chi connectivity index (χ1v) is 10.3. The number of fused-ring (bicyclic) bond motifs is 1. The maximum Gasteiger partial charge on any atom is 0.416 e. The average Bonchev–Trinajstić information content (AvgIpc) is 2.99. The summed E-state index contributed by atoms with van der Waals surface area (Å²) in [5, 5.41) is 11.7. The first-order chi connectivity index (χ1) is 13.5. The highest BCUT2D eigenvalue weighted by atomic mass is 79.9. The highest BCUT2D eigenvalue weighted by Gasteiger charge is 2.54. The summed E-state index contributed by atoms with van der Waals surface area (Å²) in [5.41, 5.74) is 0.487. The number of carbonyl (C=O) groups excluding carboxylic acids is 1. The molecule has 4 rings (SSSR count). The van der Waals surface area contributed by atoms with Gasteiger partial charge in [-0.05, 0) is 45.8 Å². The van der Waals surface area contributed by atoms with E-state index in [0.717, 1.165) is 17.8 Å². The van der Waals surface area contributed by atoms with Crippen LogP contribution >= 0.6 is 15.9 Å². The van der Waals surface area contributed by atoms with Crippen LogP contribution in [0.15, 0.2) is 55.9 Å². The summed E-state index contributed by atoms with van der Waals surface area (Å²) in [6.45, 7) is 5.93. The van der Waals surface area contributed by atoms with Crippen molar-refractivity contribution in [2.24, 2.45) is 15.6 Å². The predicted molar refractivity (Wildman–Crippen MR) is 106 cm³/mol. The third-order valence-corrected chi connectivity index (χ3v) is 6.63. The summed E-state index contributed by atoms with van der Waals surface area (Å²) in [6, 6.07) is 5.29. The molecule has 0 saturated heterocycles. The molecular weight excluding hydrogens is 447 g/mol. The molecule has 4 nitrogen and oxygen atoms in total. The van der Waals surface area contributed by atoms with E-state index in [4.69, 9.17) is 0 Å². The molecule has 2 atom stereocenters. The highest BCUT2D eigenvalue weighted by Crippen LogP contribution is 2.55. The van der Waals surface area contributed by atoms with Crippen molar-refractivity contribution >= 4 is 21.7 Å². The van der Waals surface area contributed by atoms with Gasteiger partial charge in [-0.25, -0.2) is 0 Å². The number of nitrogens with zero attached hydrogens (tertiary/aromatic N) is 2. The fourth-order valence-electron chi connectivity index (χ4n) is 4.91. The topological polar surface area (TPSA) is 53.8 Å².